The van der Waals surface area contributed by atoms with Crippen LogP contribution in [0.3, 0.4) is 0 Å². The minimum atomic E-state index is -0.660. The summed E-state index contributed by atoms with van der Waals surface area (Å²) in [4.78, 5) is 31.5. The molecule has 3 aromatic rings. The average molecular weight is 437 g/mol. The number of aromatic nitrogens is 2. The van der Waals surface area contributed by atoms with E-state index < -0.39 is 11.7 Å². The zero-order chi connectivity index (χ0) is 22.0. The Labute approximate surface area is 183 Å². The van der Waals surface area contributed by atoms with Gasteiger partial charge in [-0.2, -0.15) is 0 Å². The van der Waals surface area contributed by atoms with Gasteiger partial charge in [0.15, 0.2) is 6.29 Å². The first-order valence-electron chi connectivity index (χ1n) is 9.73. The van der Waals surface area contributed by atoms with E-state index in [2.05, 4.69) is 26.5 Å². The van der Waals surface area contributed by atoms with Gasteiger partial charge in [0.25, 0.3) is 5.91 Å². The molecule has 4 rings (SSSR count). The van der Waals surface area contributed by atoms with Crippen LogP contribution >= 0.6 is 11.6 Å². The minimum absolute atomic E-state index is 0.00573. The van der Waals surface area contributed by atoms with E-state index in [1.54, 1.807) is 12.3 Å². The molecule has 1 aliphatic rings. The van der Waals surface area contributed by atoms with Gasteiger partial charge in [0.1, 0.15) is 5.82 Å². The smallest absolute Gasteiger partial charge is 0.295 e. The lowest BCUT2D eigenvalue weighted by Gasteiger charge is -2.21. The van der Waals surface area contributed by atoms with Gasteiger partial charge in [-0.25, -0.2) is 14.4 Å². The number of carbonyl (C=O) groups excluding carboxylic acids is 2. The molecule has 6 nitrogen and oxygen atoms in total. The Morgan fingerprint density at radius 1 is 1.26 bits per heavy atom. The molecule has 8 heteroatoms. The van der Waals surface area contributed by atoms with E-state index in [-0.39, 0.29) is 22.7 Å². The molecule has 0 radical (unpaired) electrons. The fraction of sp³-hybridized carbons (Fsp3) is 0.217. The molecule has 1 aromatic heterocycles. The number of benzene rings is 2. The van der Waals surface area contributed by atoms with Crippen LogP contribution in [0.15, 0.2) is 36.5 Å². The molecule has 1 amide bonds. The van der Waals surface area contributed by atoms with E-state index >= 15 is 0 Å². The molecule has 2 N–H and O–H groups in total. The lowest BCUT2D eigenvalue weighted by molar-refractivity contribution is -0.116. The number of terminal acetylenes is 1. The Hall–Kier alpha value is -3.50. The largest absolute Gasteiger partial charge is 0.349 e. The Morgan fingerprint density at radius 2 is 2.06 bits per heavy atom. The van der Waals surface area contributed by atoms with Crippen LogP contribution in [0.2, 0.25) is 5.02 Å². The van der Waals surface area contributed by atoms with Crippen LogP contribution in [-0.2, 0) is 4.79 Å². The topological polar surface area (TPSA) is 84.0 Å². The number of hydrogen-bond acceptors (Lipinski definition) is 5. The van der Waals surface area contributed by atoms with Gasteiger partial charge in [-0.1, -0.05) is 17.7 Å². The molecule has 0 spiro atoms. The van der Waals surface area contributed by atoms with E-state index in [1.807, 2.05) is 12.1 Å². The Morgan fingerprint density at radius 3 is 2.84 bits per heavy atom. The fourth-order valence-electron chi connectivity index (χ4n) is 3.83. The van der Waals surface area contributed by atoms with Crippen molar-refractivity contribution in [3.8, 4) is 23.5 Å². The van der Waals surface area contributed by atoms with Gasteiger partial charge in [-0.05, 0) is 55.0 Å². The Kier molecular flexibility index (Phi) is 5.83. The molecule has 1 fully saturated rings. The van der Waals surface area contributed by atoms with Gasteiger partial charge < -0.3 is 10.6 Å². The molecule has 31 heavy (non-hydrogen) atoms. The molecular formula is C23H18ClFN4O2. The predicted octanol–water partition coefficient (Wildman–Crippen LogP) is 3.98. The van der Waals surface area contributed by atoms with Crippen LogP contribution in [0.1, 0.15) is 29.6 Å². The Balaban J connectivity index is 1.59. The first kappa shape index (κ1) is 20.8. The summed E-state index contributed by atoms with van der Waals surface area (Å²) in [5.74, 6) is 1.44. The number of amides is 1. The first-order chi connectivity index (χ1) is 15.0. The van der Waals surface area contributed by atoms with Gasteiger partial charge in [-0.15, -0.1) is 6.42 Å². The summed E-state index contributed by atoms with van der Waals surface area (Å²) in [7, 11) is 0. The van der Waals surface area contributed by atoms with Crippen molar-refractivity contribution in [2.75, 3.05) is 5.32 Å². The number of carbonyl (C=O) groups is 2. The lowest BCUT2D eigenvalue weighted by atomic mass is 10.0. The van der Waals surface area contributed by atoms with Gasteiger partial charge in [0.05, 0.1) is 16.1 Å². The normalized spacial score (nSPS) is 17.8. The fourth-order valence-corrected chi connectivity index (χ4v) is 4.09. The van der Waals surface area contributed by atoms with Crippen molar-refractivity contribution in [3.63, 3.8) is 0 Å². The number of nitrogens with one attached hydrogen (secondary N) is 2. The first-order valence-corrected chi connectivity index (χ1v) is 10.1. The summed E-state index contributed by atoms with van der Waals surface area (Å²) in [5, 5.41) is 7.08. The van der Waals surface area contributed by atoms with Gasteiger partial charge >= 0.3 is 0 Å². The van der Waals surface area contributed by atoms with E-state index in [0.717, 1.165) is 36.3 Å². The third kappa shape index (κ3) is 4.35. The van der Waals surface area contributed by atoms with Crippen LogP contribution < -0.4 is 10.6 Å². The quantitative estimate of drug-likeness (QED) is 0.467. The molecule has 156 valence electrons. The summed E-state index contributed by atoms with van der Waals surface area (Å²) in [6.45, 7) is 0. The predicted molar refractivity (Wildman–Crippen MR) is 117 cm³/mol. The van der Waals surface area contributed by atoms with E-state index in [0.29, 0.717) is 23.3 Å². The summed E-state index contributed by atoms with van der Waals surface area (Å²) in [6.07, 6.45) is 9.95. The van der Waals surface area contributed by atoms with Crippen molar-refractivity contribution >= 4 is 40.6 Å². The maximum Gasteiger partial charge on any atom is 0.295 e. The number of rotatable bonds is 5. The van der Waals surface area contributed by atoms with Crippen LogP contribution in [-0.4, -0.2) is 34.2 Å². The molecule has 1 saturated carbocycles. The standard InChI is InChI=1S/C23H18ClFN4O2/c1-2-22(31)27-20-4-3-5-21(20)29-23-26-11-14-8-13(6-7-19(14)28-23)16-9-15(12-30)18(25)10-17(16)24/h1,6-12,20-21H,3-5H2,(H,27,31)(H,26,28,29). The second-order valence-electron chi connectivity index (χ2n) is 7.34. The average Bonchev–Trinajstić information content (AvgIpc) is 3.19. The number of aldehydes is 1. The minimum Gasteiger partial charge on any atom is -0.349 e. The molecule has 1 aliphatic carbocycles. The monoisotopic (exact) mass is 436 g/mol. The number of halogens is 2. The van der Waals surface area contributed by atoms with Crippen LogP contribution in [0.4, 0.5) is 10.3 Å². The molecule has 2 aromatic carbocycles. The zero-order valence-electron chi connectivity index (χ0n) is 16.4. The number of anilines is 1. The third-order valence-electron chi connectivity index (χ3n) is 5.38. The van der Waals surface area contributed by atoms with Crippen LogP contribution in [0.5, 0.6) is 0 Å². The molecule has 2 atom stereocenters. The van der Waals surface area contributed by atoms with Gasteiger partial charge in [0.2, 0.25) is 5.95 Å². The third-order valence-corrected chi connectivity index (χ3v) is 5.69. The number of hydrogen-bond donors (Lipinski definition) is 2. The van der Waals surface area contributed by atoms with Crippen molar-refractivity contribution in [1.29, 1.82) is 0 Å². The van der Waals surface area contributed by atoms with Crippen molar-refractivity contribution in [2.24, 2.45) is 0 Å². The molecule has 0 aliphatic heterocycles. The molecule has 2 unspecified atom stereocenters. The SMILES string of the molecule is C#CC(=O)NC1CCCC1Nc1ncc2cc(-c3cc(C=O)c(F)cc3Cl)ccc2n1. The highest BCUT2D eigenvalue weighted by Crippen LogP contribution is 2.32. The van der Waals surface area contributed by atoms with Crippen molar-refractivity contribution in [3.05, 3.63) is 52.9 Å². The molecule has 0 bridgehead atoms. The maximum atomic E-state index is 13.8. The van der Waals surface area contributed by atoms with Gasteiger partial charge in [0, 0.05) is 29.2 Å². The second-order valence-corrected chi connectivity index (χ2v) is 7.75. The maximum absolute atomic E-state index is 13.8. The molecule has 0 saturated heterocycles. The Bertz CT molecular complexity index is 1220. The van der Waals surface area contributed by atoms with E-state index in [1.165, 1.54) is 6.07 Å². The highest BCUT2D eigenvalue weighted by atomic mass is 35.5. The summed E-state index contributed by atoms with van der Waals surface area (Å²) < 4.78 is 13.8. The van der Waals surface area contributed by atoms with Crippen LogP contribution in [0.25, 0.3) is 22.0 Å². The summed E-state index contributed by atoms with van der Waals surface area (Å²) in [5.41, 5.74) is 1.92. The van der Waals surface area contributed by atoms with Crippen molar-refractivity contribution in [2.45, 2.75) is 31.3 Å². The van der Waals surface area contributed by atoms with Crippen molar-refractivity contribution in [1.82, 2.24) is 15.3 Å². The second kappa shape index (κ2) is 8.70. The number of fused-ring (bicyclic) bond motifs is 1. The highest BCUT2D eigenvalue weighted by Gasteiger charge is 2.28. The molecular weight excluding hydrogens is 419 g/mol. The van der Waals surface area contributed by atoms with Crippen molar-refractivity contribution < 1.29 is 14.0 Å². The molecule has 1 heterocycles. The van der Waals surface area contributed by atoms with E-state index in [9.17, 15) is 14.0 Å². The van der Waals surface area contributed by atoms with E-state index in [4.69, 9.17) is 18.0 Å². The van der Waals surface area contributed by atoms with Gasteiger partial charge in [-0.3, -0.25) is 9.59 Å². The van der Waals surface area contributed by atoms with Crippen LogP contribution in [0, 0.1) is 18.2 Å². The summed E-state index contributed by atoms with van der Waals surface area (Å²) >= 11 is 6.19. The lowest BCUT2D eigenvalue weighted by Crippen LogP contribution is -2.43. The number of nitrogens with zero attached hydrogens (tertiary/aromatic N) is 2. The zero-order valence-corrected chi connectivity index (χ0v) is 17.1. The highest BCUT2D eigenvalue weighted by molar-refractivity contribution is 6.33. The summed E-state index contributed by atoms with van der Waals surface area (Å²) in [6, 6.07) is 7.92.